The van der Waals surface area contributed by atoms with Gasteiger partial charge in [-0.2, -0.15) is 8.78 Å². The highest BCUT2D eigenvalue weighted by Gasteiger charge is 2.34. The second kappa shape index (κ2) is 12.7. The standard InChI is InChI=1S/C23H34F2O3/c1-4-10-20(5-2)28-17-23(24,25)16-15-19-13-14-22(27)21(19)12-9-7-6-8-11-18(3)26/h4-5,7,9-10,15-16,19,21-22,27H,6,8,11-14,17H2,1-3H3/b9-7-,10-4-,16-15+,20-5+/t19?,21-,22+/m1/s1. The minimum Gasteiger partial charge on any atom is -0.487 e. The summed E-state index contributed by atoms with van der Waals surface area (Å²) in [7, 11) is 0. The van der Waals surface area contributed by atoms with Gasteiger partial charge in [0.15, 0.2) is 6.61 Å². The van der Waals surface area contributed by atoms with Crippen LogP contribution in [0.25, 0.3) is 0 Å². The van der Waals surface area contributed by atoms with Crippen molar-refractivity contribution in [2.75, 3.05) is 6.61 Å². The van der Waals surface area contributed by atoms with Crippen molar-refractivity contribution in [1.29, 1.82) is 0 Å². The minimum atomic E-state index is -3.06. The molecule has 1 aliphatic rings. The van der Waals surface area contributed by atoms with Crippen LogP contribution >= 0.6 is 0 Å². The number of hydrogen-bond donors (Lipinski definition) is 1. The molecule has 1 N–H and O–H groups in total. The third kappa shape index (κ3) is 9.45. The summed E-state index contributed by atoms with van der Waals surface area (Å²) in [5.41, 5.74) is 0. The number of aliphatic hydroxyl groups excluding tert-OH is 1. The molecule has 1 rings (SSSR count). The average Bonchev–Trinajstić information content (AvgIpc) is 2.99. The molecule has 158 valence electrons. The summed E-state index contributed by atoms with van der Waals surface area (Å²) < 4.78 is 33.4. The highest BCUT2D eigenvalue weighted by Crippen LogP contribution is 2.36. The molecule has 3 atom stereocenters. The van der Waals surface area contributed by atoms with Gasteiger partial charge in [-0.1, -0.05) is 24.3 Å². The van der Waals surface area contributed by atoms with Crippen LogP contribution in [0.3, 0.4) is 0 Å². The van der Waals surface area contributed by atoms with Gasteiger partial charge >= 0.3 is 0 Å². The number of ether oxygens (including phenoxy) is 1. The van der Waals surface area contributed by atoms with E-state index in [1.807, 2.05) is 12.2 Å². The fourth-order valence-electron chi connectivity index (χ4n) is 3.37. The second-order valence-electron chi connectivity index (χ2n) is 7.37. The first-order valence-corrected chi connectivity index (χ1v) is 10.1. The Morgan fingerprint density at radius 3 is 2.64 bits per heavy atom. The maximum absolute atomic E-state index is 14.1. The molecule has 28 heavy (non-hydrogen) atoms. The highest BCUT2D eigenvalue weighted by atomic mass is 19.3. The molecular weight excluding hydrogens is 362 g/mol. The minimum absolute atomic E-state index is 0.0499. The van der Waals surface area contributed by atoms with Gasteiger partial charge in [0.2, 0.25) is 0 Å². The molecule has 0 aromatic carbocycles. The Hall–Kier alpha value is -1.75. The first-order chi connectivity index (χ1) is 13.3. The van der Waals surface area contributed by atoms with E-state index in [4.69, 9.17) is 4.74 Å². The molecule has 0 radical (unpaired) electrons. The van der Waals surface area contributed by atoms with Crippen LogP contribution in [0.4, 0.5) is 8.78 Å². The van der Waals surface area contributed by atoms with Gasteiger partial charge in [0.25, 0.3) is 5.92 Å². The lowest BCUT2D eigenvalue weighted by molar-refractivity contribution is -0.117. The molecule has 1 aliphatic carbocycles. The Morgan fingerprint density at radius 1 is 1.25 bits per heavy atom. The van der Waals surface area contributed by atoms with Crippen molar-refractivity contribution in [1.82, 2.24) is 0 Å². The molecule has 0 amide bonds. The Kier molecular flexibility index (Phi) is 11.0. The Bertz CT molecular complexity index is 591. The fraction of sp³-hybridized carbons (Fsp3) is 0.609. The number of halogens is 2. The van der Waals surface area contributed by atoms with Gasteiger partial charge in [0.05, 0.1) is 6.10 Å². The molecule has 0 saturated heterocycles. The molecule has 3 nitrogen and oxygen atoms in total. The molecule has 0 bridgehead atoms. The first-order valence-electron chi connectivity index (χ1n) is 10.1. The molecule has 1 saturated carbocycles. The number of alkyl halides is 2. The largest absolute Gasteiger partial charge is 0.487 e. The van der Waals surface area contributed by atoms with Crippen molar-refractivity contribution in [3.8, 4) is 0 Å². The van der Waals surface area contributed by atoms with Crippen LogP contribution in [0.1, 0.15) is 59.3 Å². The van der Waals surface area contributed by atoms with E-state index >= 15 is 0 Å². The van der Waals surface area contributed by atoms with Crippen LogP contribution in [0.5, 0.6) is 0 Å². The van der Waals surface area contributed by atoms with E-state index in [0.29, 0.717) is 31.4 Å². The van der Waals surface area contributed by atoms with Crippen LogP contribution in [-0.2, 0) is 9.53 Å². The molecule has 0 aromatic heterocycles. The zero-order valence-corrected chi connectivity index (χ0v) is 17.2. The Balaban J connectivity index is 2.54. The van der Waals surface area contributed by atoms with Crippen LogP contribution in [0.2, 0.25) is 0 Å². The van der Waals surface area contributed by atoms with Gasteiger partial charge in [0.1, 0.15) is 11.5 Å². The van der Waals surface area contributed by atoms with Crippen LogP contribution in [-0.4, -0.2) is 29.5 Å². The third-order valence-corrected chi connectivity index (χ3v) is 4.95. The number of rotatable bonds is 12. The maximum Gasteiger partial charge on any atom is 0.299 e. The lowest BCUT2D eigenvalue weighted by atomic mass is 9.90. The first kappa shape index (κ1) is 24.3. The zero-order chi connectivity index (χ0) is 21.0. The molecule has 0 heterocycles. The van der Waals surface area contributed by atoms with Gasteiger partial charge < -0.3 is 14.6 Å². The number of carbonyl (C=O) groups is 1. The number of aliphatic hydroxyl groups is 1. The van der Waals surface area contributed by atoms with Crippen molar-refractivity contribution in [2.45, 2.75) is 71.3 Å². The Morgan fingerprint density at radius 2 is 2.00 bits per heavy atom. The van der Waals surface area contributed by atoms with Gasteiger partial charge in [-0.3, -0.25) is 0 Å². The van der Waals surface area contributed by atoms with E-state index in [-0.39, 0.29) is 17.6 Å². The number of hydrogen-bond acceptors (Lipinski definition) is 3. The normalized spacial score (nSPS) is 24.1. The summed E-state index contributed by atoms with van der Waals surface area (Å²) in [6.07, 6.45) is 15.2. The summed E-state index contributed by atoms with van der Waals surface area (Å²) in [6.45, 7) is 4.41. The van der Waals surface area contributed by atoms with Gasteiger partial charge in [-0.05, 0) is 82.9 Å². The maximum atomic E-state index is 14.1. The molecule has 0 aliphatic heterocycles. The fourth-order valence-corrected chi connectivity index (χ4v) is 3.37. The number of unbranched alkanes of at least 4 members (excludes halogenated alkanes) is 1. The number of allylic oxidation sites excluding steroid dienone is 6. The number of ketones is 1. The van der Waals surface area contributed by atoms with Crippen molar-refractivity contribution in [2.24, 2.45) is 11.8 Å². The lowest BCUT2D eigenvalue weighted by Gasteiger charge is -2.19. The highest BCUT2D eigenvalue weighted by molar-refractivity contribution is 5.75. The van der Waals surface area contributed by atoms with Crippen LogP contribution < -0.4 is 0 Å². The molecule has 1 unspecified atom stereocenters. The quantitative estimate of drug-likeness (QED) is 0.197. The van der Waals surface area contributed by atoms with Gasteiger partial charge in [-0.25, -0.2) is 0 Å². The smallest absolute Gasteiger partial charge is 0.299 e. The third-order valence-electron chi connectivity index (χ3n) is 4.95. The van der Waals surface area contributed by atoms with E-state index in [9.17, 15) is 18.7 Å². The van der Waals surface area contributed by atoms with E-state index in [1.54, 1.807) is 45.1 Å². The lowest BCUT2D eigenvalue weighted by Crippen LogP contribution is -2.22. The van der Waals surface area contributed by atoms with E-state index in [1.165, 1.54) is 0 Å². The van der Waals surface area contributed by atoms with E-state index in [0.717, 1.165) is 18.9 Å². The van der Waals surface area contributed by atoms with Crippen LogP contribution in [0.15, 0.2) is 48.3 Å². The van der Waals surface area contributed by atoms with Crippen molar-refractivity contribution >= 4 is 5.78 Å². The van der Waals surface area contributed by atoms with Crippen molar-refractivity contribution in [3.05, 3.63) is 48.3 Å². The predicted octanol–water partition coefficient (Wildman–Crippen LogP) is 5.77. The molecule has 1 fully saturated rings. The summed E-state index contributed by atoms with van der Waals surface area (Å²) in [4.78, 5) is 10.9. The van der Waals surface area contributed by atoms with Crippen molar-refractivity contribution in [3.63, 3.8) is 0 Å². The summed E-state index contributed by atoms with van der Waals surface area (Å²) in [6, 6.07) is 0. The SMILES string of the molecule is C/C=C\C(=C/C)OCC(F)(F)/C=C/C1CC[C@H](O)[C@@H]1C/C=C\CCCC(C)=O. The second-order valence-corrected chi connectivity index (χ2v) is 7.37. The monoisotopic (exact) mass is 396 g/mol. The summed E-state index contributed by atoms with van der Waals surface area (Å²) >= 11 is 0. The average molecular weight is 397 g/mol. The van der Waals surface area contributed by atoms with E-state index in [2.05, 4.69) is 0 Å². The van der Waals surface area contributed by atoms with Gasteiger partial charge in [-0.15, -0.1) is 0 Å². The number of Topliss-reactive ketones (excluding diaryl/α,β-unsaturated/α-hetero) is 1. The predicted molar refractivity (Wildman–Crippen MR) is 109 cm³/mol. The van der Waals surface area contributed by atoms with E-state index < -0.39 is 18.6 Å². The van der Waals surface area contributed by atoms with Gasteiger partial charge in [0, 0.05) is 6.42 Å². The molecule has 5 heteroatoms. The Labute approximate surface area is 167 Å². The molecule has 0 aromatic rings. The molecule has 0 spiro atoms. The van der Waals surface area contributed by atoms with Crippen molar-refractivity contribution < 1.29 is 23.4 Å². The topological polar surface area (TPSA) is 46.5 Å². The van der Waals surface area contributed by atoms with Crippen LogP contribution in [0, 0.1) is 11.8 Å². The number of carbonyl (C=O) groups excluding carboxylic acids is 1. The summed E-state index contributed by atoms with van der Waals surface area (Å²) in [5, 5.41) is 10.2. The summed E-state index contributed by atoms with van der Waals surface area (Å²) in [5.74, 6) is -2.58. The zero-order valence-electron chi connectivity index (χ0n) is 17.2. The molecular formula is C23H34F2O3.